The van der Waals surface area contributed by atoms with Crippen LogP contribution >= 0.6 is 0 Å². The van der Waals surface area contributed by atoms with E-state index in [-0.39, 0.29) is 5.91 Å². The van der Waals surface area contributed by atoms with Crippen LogP contribution in [0.3, 0.4) is 0 Å². The summed E-state index contributed by atoms with van der Waals surface area (Å²) in [4.78, 5) is 21.0. The molecule has 4 nitrogen and oxygen atoms in total. The zero-order chi connectivity index (χ0) is 16.4. The summed E-state index contributed by atoms with van der Waals surface area (Å²) in [6.45, 7) is 9.45. The minimum absolute atomic E-state index is 0.0845. The third-order valence-corrected chi connectivity index (χ3v) is 4.26. The van der Waals surface area contributed by atoms with Crippen LogP contribution < -0.4 is 4.90 Å². The number of benzene rings is 1. The fourth-order valence-electron chi connectivity index (χ4n) is 3.16. The highest BCUT2D eigenvalue weighted by Crippen LogP contribution is 2.21. The SMILES string of the molecule is Cc1cncc(C(=O)N2CCN(c3cc(C)cc(C)c3)CC2)c1. The Hall–Kier alpha value is -2.36. The van der Waals surface area contributed by atoms with Gasteiger partial charge in [0, 0.05) is 44.3 Å². The Kier molecular flexibility index (Phi) is 4.33. The van der Waals surface area contributed by atoms with E-state index in [0.29, 0.717) is 5.56 Å². The summed E-state index contributed by atoms with van der Waals surface area (Å²) in [7, 11) is 0. The Morgan fingerprint density at radius 2 is 1.52 bits per heavy atom. The van der Waals surface area contributed by atoms with Crippen LogP contribution in [0, 0.1) is 20.8 Å². The molecule has 0 radical (unpaired) electrons. The summed E-state index contributed by atoms with van der Waals surface area (Å²) in [6.07, 6.45) is 3.43. The minimum atomic E-state index is 0.0845. The van der Waals surface area contributed by atoms with Gasteiger partial charge in [-0.3, -0.25) is 9.78 Å². The minimum Gasteiger partial charge on any atom is -0.368 e. The Labute approximate surface area is 137 Å². The summed E-state index contributed by atoms with van der Waals surface area (Å²) < 4.78 is 0. The molecule has 2 aromatic rings. The van der Waals surface area contributed by atoms with Crippen molar-refractivity contribution in [3.63, 3.8) is 0 Å². The number of anilines is 1. The standard InChI is InChI=1S/C19H23N3O/c1-14-8-15(2)11-18(10-14)21-4-6-22(7-5-21)19(23)17-9-16(3)12-20-13-17/h8-13H,4-7H2,1-3H3. The van der Waals surface area contributed by atoms with E-state index in [1.807, 2.05) is 17.9 Å². The average molecular weight is 309 g/mol. The first-order chi connectivity index (χ1) is 11.0. The van der Waals surface area contributed by atoms with Gasteiger partial charge < -0.3 is 9.80 Å². The maximum atomic E-state index is 12.6. The van der Waals surface area contributed by atoms with Gasteiger partial charge in [0.15, 0.2) is 0 Å². The van der Waals surface area contributed by atoms with E-state index in [4.69, 9.17) is 0 Å². The second-order valence-electron chi connectivity index (χ2n) is 6.38. The van der Waals surface area contributed by atoms with Crippen molar-refractivity contribution in [1.82, 2.24) is 9.88 Å². The van der Waals surface area contributed by atoms with Gasteiger partial charge in [-0.1, -0.05) is 6.07 Å². The van der Waals surface area contributed by atoms with E-state index >= 15 is 0 Å². The first kappa shape index (κ1) is 15.5. The van der Waals surface area contributed by atoms with Crippen LogP contribution in [0.2, 0.25) is 0 Å². The van der Waals surface area contributed by atoms with Crippen LogP contribution in [0.25, 0.3) is 0 Å². The molecular formula is C19H23N3O. The molecule has 2 heterocycles. The van der Waals surface area contributed by atoms with Crippen LogP contribution in [-0.4, -0.2) is 42.0 Å². The quantitative estimate of drug-likeness (QED) is 0.856. The molecule has 0 atom stereocenters. The van der Waals surface area contributed by atoms with Crippen molar-refractivity contribution in [2.45, 2.75) is 20.8 Å². The number of amides is 1. The molecule has 0 bridgehead atoms. The number of carbonyl (C=O) groups is 1. The van der Waals surface area contributed by atoms with Gasteiger partial charge in [0.25, 0.3) is 5.91 Å². The molecule has 1 aliphatic heterocycles. The normalized spacial score (nSPS) is 14.9. The fourth-order valence-corrected chi connectivity index (χ4v) is 3.16. The smallest absolute Gasteiger partial charge is 0.255 e. The van der Waals surface area contributed by atoms with Crippen molar-refractivity contribution < 1.29 is 4.79 Å². The Balaban J connectivity index is 1.67. The van der Waals surface area contributed by atoms with Crippen molar-refractivity contribution in [1.29, 1.82) is 0 Å². The Morgan fingerprint density at radius 3 is 2.13 bits per heavy atom. The molecule has 0 unspecified atom stereocenters. The van der Waals surface area contributed by atoms with Crippen molar-refractivity contribution in [2.24, 2.45) is 0 Å². The molecule has 1 amide bonds. The molecule has 120 valence electrons. The Morgan fingerprint density at radius 1 is 0.870 bits per heavy atom. The number of rotatable bonds is 2. The molecule has 1 aromatic carbocycles. The molecule has 1 aromatic heterocycles. The van der Waals surface area contributed by atoms with E-state index in [1.54, 1.807) is 12.4 Å². The molecule has 0 aliphatic carbocycles. The van der Waals surface area contributed by atoms with E-state index in [2.05, 4.69) is 41.9 Å². The zero-order valence-corrected chi connectivity index (χ0v) is 14.0. The summed E-state index contributed by atoms with van der Waals surface area (Å²) in [5, 5.41) is 0. The predicted molar refractivity (Wildman–Crippen MR) is 93.0 cm³/mol. The van der Waals surface area contributed by atoms with Crippen LogP contribution in [0.1, 0.15) is 27.0 Å². The highest BCUT2D eigenvalue weighted by molar-refractivity contribution is 5.94. The first-order valence-electron chi connectivity index (χ1n) is 8.07. The molecular weight excluding hydrogens is 286 g/mol. The molecule has 1 fully saturated rings. The van der Waals surface area contributed by atoms with E-state index in [9.17, 15) is 4.79 Å². The lowest BCUT2D eigenvalue weighted by atomic mass is 10.1. The van der Waals surface area contributed by atoms with Crippen LogP contribution in [0.4, 0.5) is 5.69 Å². The van der Waals surface area contributed by atoms with Crippen LogP contribution in [0.15, 0.2) is 36.7 Å². The van der Waals surface area contributed by atoms with Gasteiger partial charge in [-0.2, -0.15) is 0 Å². The maximum Gasteiger partial charge on any atom is 0.255 e. The summed E-state index contributed by atoms with van der Waals surface area (Å²) in [6, 6.07) is 8.53. The molecule has 0 saturated carbocycles. The fraction of sp³-hybridized carbons (Fsp3) is 0.368. The summed E-state index contributed by atoms with van der Waals surface area (Å²) in [5.41, 5.74) is 5.52. The monoisotopic (exact) mass is 309 g/mol. The van der Waals surface area contributed by atoms with E-state index < -0.39 is 0 Å². The van der Waals surface area contributed by atoms with Crippen molar-refractivity contribution in [3.8, 4) is 0 Å². The number of aromatic nitrogens is 1. The zero-order valence-electron chi connectivity index (χ0n) is 14.0. The molecule has 0 N–H and O–H groups in total. The van der Waals surface area contributed by atoms with Crippen LogP contribution in [-0.2, 0) is 0 Å². The van der Waals surface area contributed by atoms with Crippen molar-refractivity contribution in [3.05, 3.63) is 58.9 Å². The molecule has 1 aliphatic rings. The van der Waals surface area contributed by atoms with Crippen molar-refractivity contribution >= 4 is 11.6 Å². The van der Waals surface area contributed by atoms with Gasteiger partial charge in [0.2, 0.25) is 0 Å². The van der Waals surface area contributed by atoms with Gasteiger partial charge in [-0.05, 0) is 55.7 Å². The maximum absolute atomic E-state index is 12.6. The molecule has 0 spiro atoms. The van der Waals surface area contributed by atoms with Gasteiger partial charge in [0.1, 0.15) is 0 Å². The second kappa shape index (κ2) is 6.41. The number of aryl methyl sites for hydroxylation is 3. The number of piperazine rings is 1. The van der Waals surface area contributed by atoms with Crippen molar-refractivity contribution in [2.75, 3.05) is 31.1 Å². The first-order valence-corrected chi connectivity index (χ1v) is 8.07. The third-order valence-electron chi connectivity index (χ3n) is 4.26. The summed E-state index contributed by atoms with van der Waals surface area (Å²) >= 11 is 0. The van der Waals surface area contributed by atoms with Gasteiger partial charge in [0.05, 0.1) is 5.56 Å². The third kappa shape index (κ3) is 3.52. The highest BCUT2D eigenvalue weighted by Gasteiger charge is 2.22. The number of nitrogens with zero attached hydrogens (tertiary/aromatic N) is 3. The van der Waals surface area contributed by atoms with E-state index in [0.717, 1.165) is 31.7 Å². The number of hydrogen-bond donors (Lipinski definition) is 0. The number of pyridine rings is 1. The van der Waals surface area contributed by atoms with E-state index in [1.165, 1.54) is 16.8 Å². The summed E-state index contributed by atoms with van der Waals surface area (Å²) in [5.74, 6) is 0.0845. The van der Waals surface area contributed by atoms with Crippen LogP contribution in [0.5, 0.6) is 0 Å². The number of hydrogen-bond acceptors (Lipinski definition) is 3. The lowest BCUT2D eigenvalue weighted by Crippen LogP contribution is -2.48. The number of carbonyl (C=O) groups excluding carboxylic acids is 1. The molecule has 23 heavy (non-hydrogen) atoms. The Bertz CT molecular complexity index is 698. The largest absolute Gasteiger partial charge is 0.368 e. The molecule has 1 saturated heterocycles. The molecule has 3 rings (SSSR count). The van der Waals surface area contributed by atoms with Gasteiger partial charge >= 0.3 is 0 Å². The van der Waals surface area contributed by atoms with Gasteiger partial charge in [-0.15, -0.1) is 0 Å². The lowest BCUT2D eigenvalue weighted by molar-refractivity contribution is 0.0746. The average Bonchev–Trinajstić information content (AvgIpc) is 2.53. The lowest BCUT2D eigenvalue weighted by Gasteiger charge is -2.36. The van der Waals surface area contributed by atoms with Gasteiger partial charge in [-0.25, -0.2) is 0 Å². The second-order valence-corrected chi connectivity index (χ2v) is 6.38. The predicted octanol–water partition coefficient (Wildman–Crippen LogP) is 2.97. The molecule has 4 heteroatoms. The highest BCUT2D eigenvalue weighted by atomic mass is 16.2. The topological polar surface area (TPSA) is 36.4 Å².